The van der Waals surface area contributed by atoms with Crippen molar-refractivity contribution in [2.45, 2.75) is 6.92 Å². The van der Waals surface area contributed by atoms with E-state index in [-0.39, 0.29) is 16.8 Å². The Morgan fingerprint density at radius 3 is 2.48 bits per heavy atom. The second kappa shape index (κ2) is 7.82. The maximum absolute atomic E-state index is 12.1. The Morgan fingerprint density at radius 2 is 1.88 bits per heavy atom. The largest absolute Gasteiger partial charge is 0.465 e. The summed E-state index contributed by atoms with van der Waals surface area (Å²) in [5.74, 6) is -0.999. The number of benzene rings is 2. The molecule has 25 heavy (non-hydrogen) atoms. The first kappa shape index (κ1) is 17.8. The number of nitro benzene ring substituents is 1. The van der Waals surface area contributed by atoms with E-state index < -0.39 is 16.8 Å². The number of carbonyl (C=O) groups is 2. The number of nitrogens with one attached hydrogen (secondary N) is 1. The molecule has 0 bridgehead atoms. The fourth-order valence-corrected chi connectivity index (χ4v) is 2.12. The fraction of sp³-hybridized carbons (Fsp3) is 0.118. The molecule has 1 amide bonds. The van der Waals surface area contributed by atoms with Crippen LogP contribution in [-0.4, -0.2) is 30.1 Å². The van der Waals surface area contributed by atoms with Crippen LogP contribution in [0.2, 0.25) is 0 Å². The summed E-state index contributed by atoms with van der Waals surface area (Å²) in [5.41, 5.74) is 3.68. The average Bonchev–Trinajstić information content (AvgIpc) is 2.61. The van der Waals surface area contributed by atoms with E-state index in [0.29, 0.717) is 11.1 Å². The van der Waals surface area contributed by atoms with Gasteiger partial charge in [-0.15, -0.1) is 0 Å². The normalized spacial score (nSPS) is 10.5. The lowest BCUT2D eigenvalue weighted by atomic mass is 10.1. The third-order valence-corrected chi connectivity index (χ3v) is 3.46. The Kier molecular flexibility index (Phi) is 5.57. The first-order valence-corrected chi connectivity index (χ1v) is 7.20. The van der Waals surface area contributed by atoms with Gasteiger partial charge in [0.05, 0.1) is 29.4 Å². The molecule has 2 rings (SSSR count). The summed E-state index contributed by atoms with van der Waals surface area (Å²) in [6.45, 7) is 1.50. The average molecular weight is 341 g/mol. The Labute approximate surface area is 143 Å². The third kappa shape index (κ3) is 4.25. The van der Waals surface area contributed by atoms with Gasteiger partial charge in [-0.05, 0) is 30.7 Å². The quantitative estimate of drug-likeness (QED) is 0.389. The Morgan fingerprint density at radius 1 is 1.20 bits per heavy atom. The Hall–Kier alpha value is -3.55. The first-order chi connectivity index (χ1) is 11.9. The zero-order chi connectivity index (χ0) is 18.4. The van der Waals surface area contributed by atoms with Gasteiger partial charge < -0.3 is 4.74 Å². The highest BCUT2D eigenvalue weighted by Crippen LogP contribution is 2.20. The summed E-state index contributed by atoms with van der Waals surface area (Å²) in [7, 11) is 1.29. The predicted octanol–water partition coefficient (Wildman–Crippen LogP) is 2.45. The van der Waals surface area contributed by atoms with Gasteiger partial charge in [-0.25, -0.2) is 10.2 Å². The minimum absolute atomic E-state index is 0.130. The van der Waals surface area contributed by atoms with Crippen LogP contribution in [0.3, 0.4) is 0 Å². The van der Waals surface area contributed by atoms with Gasteiger partial charge in [-0.3, -0.25) is 14.9 Å². The number of methoxy groups -OCH3 is 1. The molecular formula is C17H15N3O5. The molecule has 0 aliphatic carbocycles. The minimum Gasteiger partial charge on any atom is -0.465 e. The van der Waals surface area contributed by atoms with E-state index in [2.05, 4.69) is 15.3 Å². The lowest BCUT2D eigenvalue weighted by molar-refractivity contribution is -0.385. The van der Waals surface area contributed by atoms with Gasteiger partial charge in [0.1, 0.15) is 0 Å². The number of ether oxygens (including phenoxy) is 1. The molecule has 0 saturated heterocycles. The van der Waals surface area contributed by atoms with Gasteiger partial charge in [0.2, 0.25) is 0 Å². The smallest absolute Gasteiger partial charge is 0.337 e. The first-order valence-electron chi connectivity index (χ1n) is 7.20. The molecule has 1 N–H and O–H groups in total. The van der Waals surface area contributed by atoms with Crippen molar-refractivity contribution in [3.8, 4) is 0 Å². The molecule has 0 aliphatic heterocycles. The number of nitro groups is 1. The number of hydrogen-bond donors (Lipinski definition) is 1. The van der Waals surface area contributed by atoms with Crippen molar-refractivity contribution in [2.24, 2.45) is 5.10 Å². The van der Waals surface area contributed by atoms with Crippen molar-refractivity contribution in [2.75, 3.05) is 7.11 Å². The maximum Gasteiger partial charge on any atom is 0.337 e. The monoisotopic (exact) mass is 341 g/mol. The molecule has 8 heteroatoms. The minimum atomic E-state index is -0.552. The van der Waals surface area contributed by atoms with E-state index in [9.17, 15) is 19.7 Å². The summed E-state index contributed by atoms with van der Waals surface area (Å²) in [6, 6.07) is 10.7. The molecule has 2 aromatic carbocycles. The molecule has 0 radical (unpaired) electrons. The van der Waals surface area contributed by atoms with Gasteiger partial charge in [-0.1, -0.05) is 18.2 Å². The molecule has 8 nitrogen and oxygen atoms in total. The summed E-state index contributed by atoms with van der Waals surface area (Å²) >= 11 is 0. The maximum atomic E-state index is 12.1. The van der Waals surface area contributed by atoms with Crippen LogP contribution in [0.1, 0.15) is 31.8 Å². The molecule has 0 spiro atoms. The molecule has 0 saturated carbocycles. The van der Waals surface area contributed by atoms with Gasteiger partial charge >= 0.3 is 5.97 Å². The summed E-state index contributed by atoms with van der Waals surface area (Å²) in [6.07, 6.45) is 1.39. The van der Waals surface area contributed by atoms with Crippen molar-refractivity contribution in [1.82, 2.24) is 5.43 Å². The summed E-state index contributed by atoms with van der Waals surface area (Å²) in [4.78, 5) is 33.8. The molecular weight excluding hydrogens is 326 g/mol. The van der Waals surface area contributed by atoms with Gasteiger partial charge in [0.15, 0.2) is 0 Å². The van der Waals surface area contributed by atoms with Crippen LogP contribution in [0.4, 0.5) is 5.69 Å². The molecule has 0 unspecified atom stereocenters. The van der Waals surface area contributed by atoms with Crippen LogP contribution in [0.5, 0.6) is 0 Å². The van der Waals surface area contributed by atoms with Crippen LogP contribution < -0.4 is 5.43 Å². The number of esters is 1. The van der Waals surface area contributed by atoms with E-state index in [0.717, 1.165) is 0 Å². The highest BCUT2D eigenvalue weighted by molar-refractivity contribution is 5.97. The van der Waals surface area contributed by atoms with Crippen molar-refractivity contribution in [1.29, 1.82) is 0 Å². The van der Waals surface area contributed by atoms with Gasteiger partial charge in [0, 0.05) is 11.6 Å². The van der Waals surface area contributed by atoms with E-state index in [1.54, 1.807) is 24.3 Å². The molecule has 0 aromatic heterocycles. The summed E-state index contributed by atoms with van der Waals surface area (Å²) < 4.78 is 4.60. The van der Waals surface area contributed by atoms with Crippen LogP contribution >= 0.6 is 0 Å². The summed E-state index contributed by atoms with van der Waals surface area (Å²) in [5, 5.41) is 14.7. The molecule has 2 aromatic rings. The number of amides is 1. The van der Waals surface area contributed by atoms with Crippen LogP contribution in [0, 0.1) is 17.0 Å². The lowest BCUT2D eigenvalue weighted by Gasteiger charge is -2.04. The van der Waals surface area contributed by atoms with E-state index in [1.807, 2.05) is 0 Å². The standard InChI is InChI=1S/C17H15N3O5/c1-11-14(4-3-5-15(11)20(23)24)16(21)19-18-10-12-6-8-13(9-7-12)17(22)25-2/h3-10H,1-2H3,(H,19,21)/b18-10-. The van der Waals surface area contributed by atoms with E-state index >= 15 is 0 Å². The number of hydrogen-bond acceptors (Lipinski definition) is 6. The van der Waals surface area contributed by atoms with Gasteiger partial charge in [-0.2, -0.15) is 5.10 Å². The Balaban J connectivity index is 2.07. The number of hydrazone groups is 1. The van der Waals surface area contributed by atoms with Crippen LogP contribution in [-0.2, 0) is 4.74 Å². The van der Waals surface area contributed by atoms with Gasteiger partial charge in [0.25, 0.3) is 11.6 Å². The molecule has 128 valence electrons. The highest BCUT2D eigenvalue weighted by atomic mass is 16.6. The molecule has 0 aliphatic rings. The van der Waals surface area contributed by atoms with Crippen molar-refractivity contribution in [3.05, 3.63) is 74.8 Å². The zero-order valence-electron chi connectivity index (χ0n) is 13.6. The number of rotatable bonds is 5. The molecule has 0 heterocycles. The number of carbonyl (C=O) groups excluding carboxylic acids is 2. The number of nitrogens with zero attached hydrogens (tertiary/aromatic N) is 2. The fourth-order valence-electron chi connectivity index (χ4n) is 2.12. The molecule has 0 atom stereocenters. The zero-order valence-corrected chi connectivity index (χ0v) is 13.6. The molecule has 0 fully saturated rings. The van der Waals surface area contributed by atoms with E-state index in [4.69, 9.17) is 0 Å². The highest BCUT2D eigenvalue weighted by Gasteiger charge is 2.17. The van der Waals surface area contributed by atoms with Crippen LogP contribution in [0.15, 0.2) is 47.6 Å². The van der Waals surface area contributed by atoms with Crippen LogP contribution in [0.25, 0.3) is 0 Å². The second-order valence-electron chi connectivity index (χ2n) is 5.02. The topological polar surface area (TPSA) is 111 Å². The van der Waals surface area contributed by atoms with Crippen molar-refractivity contribution >= 4 is 23.8 Å². The lowest BCUT2D eigenvalue weighted by Crippen LogP contribution is -2.19. The van der Waals surface area contributed by atoms with E-state index in [1.165, 1.54) is 38.4 Å². The third-order valence-electron chi connectivity index (χ3n) is 3.46. The Bertz CT molecular complexity index is 844. The second-order valence-corrected chi connectivity index (χ2v) is 5.02. The predicted molar refractivity (Wildman–Crippen MR) is 90.7 cm³/mol. The SMILES string of the molecule is COC(=O)c1ccc(/C=N\NC(=O)c2cccc([N+](=O)[O-])c2C)cc1. The van der Waals surface area contributed by atoms with Crippen molar-refractivity contribution < 1.29 is 19.2 Å². The van der Waals surface area contributed by atoms with Crippen molar-refractivity contribution in [3.63, 3.8) is 0 Å².